The molecular formula is C46H55Cl3N12O10S3. The van der Waals surface area contributed by atoms with E-state index in [0.717, 1.165) is 29.3 Å². The third kappa shape index (κ3) is 24.5. The lowest BCUT2D eigenvalue weighted by molar-refractivity contribution is 0.0787. The number of nitrogens with zero attached hydrogens (tertiary/aromatic N) is 11. The minimum atomic E-state index is -3.93. The molecule has 0 fully saturated rings. The molecule has 0 bridgehead atoms. The van der Waals surface area contributed by atoms with Crippen molar-refractivity contribution in [1.82, 2.24) is 15.1 Å². The van der Waals surface area contributed by atoms with Crippen LogP contribution in [0.25, 0.3) is 42.1 Å². The molecule has 0 heterocycles. The highest BCUT2D eigenvalue weighted by Crippen LogP contribution is 2.20. The van der Waals surface area contributed by atoms with Crippen LogP contribution in [0.15, 0.2) is 145 Å². The Hall–Kier alpha value is -6.46. The maximum atomic E-state index is 12.5. The molecule has 2 amide bonds. The molecule has 398 valence electrons. The second kappa shape index (κ2) is 34.1. The summed E-state index contributed by atoms with van der Waals surface area (Å²) < 4.78 is 73.9. The Labute approximate surface area is 444 Å². The maximum Gasteiger partial charge on any atom is 0.296 e. The van der Waals surface area contributed by atoms with E-state index in [9.17, 15) is 39.6 Å². The van der Waals surface area contributed by atoms with Gasteiger partial charge in [-0.05, 0) is 157 Å². The lowest BCUT2D eigenvalue weighted by atomic mass is 10.1. The third-order valence-electron chi connectivity index (χ3n) is 9.65. The summed E-state index contributed by atoms with van der Waals surface area (Å²) in [5.41, 5.74) is 26.2. The molecule has 0 unspecified atom stereocenters. The average Bonchev–Trinajstić information content (AvgIpc) is 3.37. The third-order valence-corrected chi connectivity index (χ3v) is 13.9. The van der Waals surface area contributed by atoms with Crippen LogP contribution in [0.2, 0.25) is 0 Å². The highest BCUT2D eigenvalue weighted by atomic mass is 35.7. The van der Waals surface area contributed by atoms with Gasteiger partial charge in [-0.2, -0.15) is 8.42 Å². The number of fused-ring (bicyclic) bond motifs is 1. The number of hydrogen-bond acceptors (Lipinski definition) is 14. The number of halogens is 3. The second-order valence-electron chi connectivity index (χ2n) is 14.9. The number of carbonyl (C=O) groups excluding carboxylic acids is 3. The summed E-state index contributed by atoms with van der Waals surface area (Å²) in [7, 11) is 3.92. The van der Waals surface area contributed by atoms with Crippen LogP contribution in [0.1, 0.15) is 63.3 Å². The van der Waals surface area contributed by atoms with Gasteiger partial charge in [0.05, 0.1) is 21.3 Å². The van der Waals surface area contributed by atoms with E-state index in [1.807, 2.05) is 49.5 Å². The quantitative estimate of drug-likeness (QED) is 0.0169. The van der Waals surface area contributed by atoms with Crippen molar-refractivity contribution in [3.63, 3.8) is 0 Å². The molecule has 5 aromatic rings. The Morgan fingerprint density at radius 3 is 1.41 bits per heavy atom. The van der Waals surface area contributed by atoms with Crippen LogP contribution >= 0.6 is 33.0 Å². The highest BCUT2D eigenvalue weighted by Gasteiger charge is 2.18. The first-order chi connectivity index (χ1) is 34.6. The normalized spacial score (nSPS) is 10.6. The van der Waals surface area contributed by atoms with E-state index in [0.29, 0.717) is 63.1 Å². The summed E-state index contributed by atoms with van der Waals surface area (Å²) in [6.07, 6.45) is 2.48. The Morgan fingerprint density at radius 1 is 0.595 bits per heavy atom. The van der Waals surface area contributed by atoms with E-state index >= 15 is 0 Å². The molecule has 5 rings (SSSR count). The van der Waals surface area contributed by atoms with Crippen molar-refractivity contribution in [2.75, 3.05) is 67.0 Å². The summed E-state index contributed by atoms with van der Waals surface area (Å²) in [6.45, 7) is 3.02. The first-order valence-electron chi connectivity index (χ1n) is 21.5. The minimum absolute atomic E-state index is 0. The largest absolute Gasteiger partial charge is 0.342 e. The molecule has 0 saturated carbocycles. The zero-order valence-electron chi connectivity index (χ0n) is 39.6. The molecule has 22 nitrogen and oxygen atoms in total. The van der Waals surface area contributed by atoms with Gasteiger partial charge in [-0.25, -0.2) is 16.8 Å². The predicted molar refractivity (Wildman–Crippen MR) is 287 cm³/mol. The fourth-order valence-corrected chi connectivity index (χ4v) is 8.44. The molecule has 0 aliphatic carbocycles. The first-order valence-corrected chi connectivity index (χ1v) is 27.9. The molecule has 0 radical (unpaired) electrons. The van der Waals surface area contributed by atoms with Crippen LogP contribution in [0.5, 0.6) is 0 Å². The van der Waals surface area contributed by atoms with Gasteiger partial charge < -0.3 is 15.1 Å². The molecule has 0 saturated heterocycles. The van der Waals surface area contributed by atoms with Crippen LogP contribution in [0, 0.1) is 0 Å². The van der Waals surface area contributed by atoms with E-state index in [1.165, 1.54) is 82.6 Å². The molecule has 74 heavy (non-hydrogen) atoms. The molecule has 0 aromatic heterocycles. The lowest BCUT2D eigenvalue weighted by Crippen LogP contribution is -2.28. The van der Waals surface area contributed by atoms with Crippen molar-refractivity contribution in [1.29, 1.82) is 0 Å². The second-order valence-corrected chi connectivity index (χ2v) is 22.0. The maximum absolute atomic E-state index is 12.5. The van der Waals surface area contributed by atoms with Crippen molar-refractivity contribution in [3.05, 3.63) is 169 Å². The monoisotopic (exact) mass is 1140 g/mol. The van der Waals surface area contributed by atoms with Gasteiger partial charge in [-0.15, -0.1) is 0 Å². The Morgan fingerprint density at radius 2 is 1.00 bits per heavy atom. The van der Waals surface area contributed by atoms with E-state index in [-0.39, 0.29) is 46.1 Å². The van der Waals surface area contributed by atoms with Gasteiger partial charge in [0, 0.05) is 99.6 Å². The van der Waals surface area contributed by atoms with E-state index in [1.54, 1.807) is 14.1 Å². The summed E-state index contributed by atoms with van der Waals surface area (Å²) in [5.74, 6) is -0.489. The summed E-state index contributed by atoms with van der Waals surface area (Å²) in [6, 6.07) is 30.0. The highest BCUT2D eigenvalue weighted by molar-refractivity contribution is 8.14. The number of azide groups is 3. The van der Waals surface area contributed by atoms with Crippen LogP contribution < -0.4 is 5.32 Å². The van der Waals surface area contributed by atoms with E-state index in [4.69, 9.17) is 53.7 Å². The van der Waals surface area contributed by atoms with Gasteiger partial charge in [0.15, 0.2) is 0 Å². The minimum Gasteiger partial charge on any atom is -0.342 e. The lowest BCUT2D eigenvalue weighted by Gasteiger charge is -2.16. The number of carbonyl (C=O) groups is 3. The molecular weight excluding hydrogens is 1080 g/mol. The molecule has 5 aromatic carbocycles. The van der Waals surface area contributed by atoms with Crippen LogP contribution in [-0.4, -0.2) is 119 Å². The van der Waals surface area contributed by atoms with Crippen molar-refractivity contribution in [2.45, 2.75) is 47.8 Å². The number of amides is 2. The first kappa shape index (κ1) is 65.6. The van der Waals surface area contributed by atoms with Crippen molar-refractivity contribution >= 4 is 89.0 Å². The fraction of sp³-hybridized carbons (Fsp3) is 0.326. The molecule has 0 aliphatic heterocycles. The van der Waals surface area contributed by atoms with E-state index in [2.05, 4.69) is 35.4 Å². The van der Waals surface area contributed by atoms with E-state index < -0.39 is 33.5 Å². The number of nitrogens with one attached hydrogen (secondary N) is 1. The molecule has 28 heteroatoms. The van der Waals surface area contributed by atoms with Crippen LogP contribution in [0.4, 0.5) is 0 Å². The van der Waals surface area contributed by atoms with Crippen molar-refractivity contribution in [3.8, 4) is 0 Å². The van der Waals surface area contributed by atoms with Gasteiger partial charge in [0.2, 0.25) is 0 Å². The van der Waals surface area contributed by atoms with Crippen molar-refractivity contribution in [2.24, 2.45) is 15.3 Å². The van der Waals surface area contributed by atoms with Gasteiger partial charge in [0.25, 0.3) is 45.3 Å². The fourth-order valence-electron chi connectivity index (χ4n) is 5.87. The van der Waals surface area contributed by atoms with Gasteiger partial charge in [0.1, 0.15) is 0 Å². The molecule has 0 aliphatic rings. The Balaban J connectivity index is 0.000000555. The summed E-state index contributed by atoms with van der Waals surface area (Å²) in [5, 5.41) is 14.7. The molecule has 0 atom stereocenters. The number of rotatable bonds is 22. The molecule has 1 N–H and O–H groups in total. The van der Waals surface area contributed by atoms with Crippen LogP contribution in [0.3, 0.4) is 0 Å². The Kier molecular flexibility index (Phi) is 30.2. The van der Waals surface area contributed by atoms with Crippen molar-refractivity contribution < 1.29 is 43.8 Å². The molecule has 0 spiro atoms. The zero-order valence-corrected chi connectivity index (χ0v) is 44.3. The average molecular weight is 1140 g/mol. The van der Waals surface area contributed by atoms with Gasteiger partial charge in [-0.3, -0.25) is 18.6 Å². The number of benzene rings is 5. The Bertz CT molecular complexity index is 3100. The van der Waals surface area contributed by atoms with Crippen LogP contribution in [-0.2, 0) is 38.8 Å². The SMILES string of the molecule is C.CN(CCCN=[N+]=[N-])C(=O)c1ccc(S(=O)(=O)Cl)cc1.CN(CCCN=[N+]=[N-])C(=O)c1ccc(S(=O)(=O)OCCc2ccc3ccccc3c2)cc1.CNCCCN=[N+]=[N-].O=C(Cl)c1ccc(S(=O)(=O)Cl)cc1. The predicted octanol–water partition coefficient (Wildman–Crippen LogP) is 10.5. The summed E-state index contributed by atoms with van der Waals surface area (Å²) >= 11 is 5.15. The van der Waals surface area contributed by atoms with Gasteiger partial charge in [-0.1, -0.05) is 65.2 Å². The summed E-state index contributed by atoms with van der Waals surface area (Å²) in [4.78, 5) is 45.8. The standard InChI is InChI=1S/C23H24N4O4S.C11H13ClN4O3S.C7H4Cl2O3S.C4H10N4.CH4/c1-27(15-4-14-25-26-24)23(28)20-9-11-22(12-10-20)32(29,30)31-16-13-18-7-8-19-5-2-3-6-21(19)17-18;1-16(8-2-7-14-15-13)11(17)9-3-5-10(6-4-9)20(12,18)19;8-7(10)5-1-3-6(4-2-5)13(9,11)12;1-6-3-2-4-7-8-5;/h2-3,5-12,17H,4,13-16H2,1H3;3-6H,2,7-8H2,1H3;1-4H;6H,2-4H2,1H3;1H4. The zero-order chi connectivity index (χ0) is 54.5. The topological polar surface area (TPSA) is 328 Å². The van der Waals surface area contributed by atoms with Gasteiger partial charge >= 0.3 is 0 Å². The smallest absolute Gasteiger partial charge is 0.296 e. The number of hydrogen-bond donors (Lipinski definition) is 1.